The molecule has 0 saturated heterocycles. The summed E-state index contributed by atoms with van der Waals surface area (Å²) in [6.07, 6.45) is 2.47. The lowest BCUT2D eigenvalue weighted by Gasteiger charge is -2.18. The molecular weight excluding hydrogens is 307 g/mol. The molecule has 1 heterocycles. The topological polar surface area (TPSA) is 63.0 Å². The third-order valence-corrected chi connectivity index (χ3v) is 3.95. The molecule has 2 aromatic carbocycles. The molecule has 24 heavy (non-hydrogen) atoms. The number of rotatable bonds is 6. The number of nitrogens with one attached hydrogen (secondary N) is 1. The lowest BCUT2D eigenvalue weighted by atomic mass is 10.1. The van der Waals surface area contributed by atoms with E-state index in [9.17, 15) is 9.50 Å². The second-order valence-electron chi connectivity index (χ2n) is 5.63. The fourth-order valence-corrected chi connectivity index (χ4v) is 2.47. The Morgan fingerprint density at radius 3 is 2.38 bits per heavy atom. The van der Waals surface area contributed by atoms with Crippen LogP contribution in [-0.4, -0.2) is 26.4 Å². The van der Waals surface area contributed by atoms with E-state index in [-0.39, 0.29) is 11.9 Å². The van der Waals surface area contributed by atoms with Gasteiger partial charge in [0.05, 0.1) is 11.8 Å². The lowest BCUT2D eigenvalue weighted by molar-refractivity contribution is 0.170. The van der Waals surface area contributed by atoms with E-state index in [2.05, 4.69) is 15.4 Å². The minimum Gasteiger partial charge on any atom is -0.387 e. The van der Waals surface area contributed by atoms with Crippen LogP contribution in [0.3, 0.4) is 0 Å². The molecule has 0 aliphatic rings. The van der Waals surface area contributed by atoms with E-state index in [0.717, 1.165) is 11.3 Å². The number of nitrogens with zero attached hydrogens (tertiary/aromatic N) is 3. The van der Waals surface area contributed by atoms with E-state index in [1.807, 2.05) is 31.2 Å². The second-order valence-corrected chi connectivity index (χ2v) is 5.63. The van der Waals surface area contributed by atoms with Gasteiger partial charge in [0, 0.05) is 12.6 Å². The van der Waals surface area contributed by atoms with Crippen molar-refractivity contribution in [2.24, 2.45) is 0 Å². The summed E-state index contributed by atoms with van der Waals surface area (Å²) in [5.74, 6) is -0.306. The molecule has 0 saturated carbocycles. The molecule has 0 radical (unpaired) electrons. The third kappa shape index (κ3) is 3.84. The monoisotopic (exact) mass is 326 g/mol. The van der Waals surface area contributed by atoms with Crippen molar-refractivity contribution < 1.29 is 9.50 Å². The maximum Gasteiger partial charge on any atom is 0.138 e. The zero-order valence-electron chi connectivity index (χ0n) is 13.3. The molecular formula is C18H19FN4O. The summed E-state index contributed by atoms with van der Waals surface area (Å²) in [7, 11) is 0. The van der Waals surface area contributed by atoms with Crippen LogP contribution in [0.2, 0.25) is 0 Å². The van der Waals surface area contributed by atoms with Gasteiger partial charge in [-0.25, -0.2) is 14.1 Å². The highest BCUT2D eigenvalue weighted by atomic mass is 19.1. The summed E-state index contributed by atoms with van der Waals surface area (Å²) in [4.78, 5) is 3.93. The van der Waals surface area contributed by atoms with Gasteiger partial charge in [0.15, 0.2) is 0 Å². The van der Waals surface area contributed by atoms with Gasteiger partial charge in [-0.15, -0.1) is 0 Å². The van der Waals surface area contributed by atoms with Crippen LogP contribution in [0, 0.1) is 5.82 Å². The smallest absolute Gasteiger partial charge is 0.138 e. The zero-order valence-corrected chi connectivity index (χ0v) is 13.3. The Kier molecular flexibility index (Phi) is 4.98. The molecule has 5 nitrogen and oxygen atoms in total. The van der Waals surface area contributed by atoms with E-state index in [1.165, 1.54) is 18.5 Å². The summed E-state index contributed by atoms with van der Waals surface area (Å²) in [6, 6.07) is 13.9. The molecule has 0 aliphatic carbocycles. The molecule has 124 valence electrons. The van der Waals surface area contributed by atoms with Gasteiger partial charge in [-0.05, 0) is 42.3 Å². The van der Waals surface area contributed by atoms with Crippen molar-refractivity contribution in [3.63, 3.8) is 0 Å². The molecule has 0 spiro atoms. The number of hydrogen-bond acceptors (Lipinski definition) is 4. The number of halogens is 1. The molecule has 3 rings (SSSR count). The predicted octanol–water partition coefficient (Wildman–Crippen LogP) is 2.79. The summed E-state index contributed by atoms with van der Waals surface area (Å²) >= 11 is 0. The minimum atomic E-state index is -0.678. The molecule has 2 atom stereocenters. The average Bonchev–Trinajstić information content (AvgIpc) is 3.15. The highest BCUT2D eigenvalue weighted by molar-refractivity contribution is 5.34. The van der Waals surface area contributed by atoms with Gasteiger partial charge in [-0.1, -0.05) is 24.3 Å². The quantitative estimate of drug-likeness (QED) is 0.731. The van der Waals surface area contributed by atoms with Crippen LogP contribution in [0.1, 0.15) is 30.2 Å². The van der Waals surface area contributed by atoms with Gasteiger partial charge in [-0.3, -0.25) is 0 Å². The SMILES string of the molecule is C[C@@H](NC[C@@H](O)c1ccc(F)cc1)c1ccc(-n2cncn2)cc1. The number of aliphatic hydroxyl groups excluding tert-OH is 1. The maximum atomic E-state index is 12.9. The Labute approximate surface area is 139 Å². The first kappa shape index (κ1) is 16.3. The molecule has 0 amide bonds. The molecule has 0 unspecified atom stereocenters. The second kappa shape index (κ2) is 7.33. The first-order valence-electron chi connectivity index (χ1n) is 7.75. The Balaban J connectivity index is 1.58. The predicted molar refractivity (Wildman–Crippen MR) is 89.1 cm³/mol. The largest absolute Gasteiger partial charge is 0.387 e. The maximum absolute atomic E-state index is 12.9. The molecule has 6 heteroatoms. The Bertz CT molecular complexity index is 757. The van der Waals surface area contributed by atoms with E-state index >= 15 is 0 Å². The van der Waals surface area contributed by atoms with Gasteiger partial charge in [0.25, 0.3) is 0 Å². The molecule has 1 aromatic heterocycles. The molecule has 0 aliphatic heterocycles. The lowest BCUT2D eigenvalue weighted by Crippen LogP contribution is -2.24. The fraction of sp³-hybridized carbons (Fsp3) is 0.222. The van der Waals surface area contributed by atoms with E-state index < -0.39 is 6.10 Å². The first-order chi connectivity index (χ1) is 11.6. The fourth-order valence-electron chi connectivity index (χ4n) is 2.47. The van der Waals surface area contributed by atoms with Crippen LogP contribution < -0.4 is 5.32 Å². The summed E-state index contributed by atoms with van der Waals surface area (Å²) < 4.78 is 14.6. The van der Waals surface area contributed by atoms with Crippen molar-refractivity contribution >= 4 is 0 Å². The highest BCUT2D eigenvalue weighted by Gasteiger charge is 2.11. The van der Waals surface area contributed by atoms with Gasteiger partial charge in [0.1, 0.15) is 18.5 Å². The molecule has 2 N–H and O–H groups in total. The highest BCUT2D eigenvalue weighted by Crippen LogP contribution is 2.17. The standard InChI is InChI=1S/C18H19FN4O/c1-13(21-10-18(24)15-2-6-16(19)7-3-15)14-4-8-17(9-5-14)23-12-20-11-22-23/h2-9,11-13,18,21,24H,10H2,1H3/t13-,18-/m1/s1. The summed E-state index contributed by atoms with van der Waals surface area (Å²) in [5.41, 5.74) is 2.73. The van der Waals surface area contributed by atoms with Crippen LogP contribution in [0.25, 0.3) is 5.69 Å². The van der Waals surface area contributed by atoms with Crippen molar-refractivity contribution in [1.29, 1.82) is 0 Å². The number of aliphatic hydroxyl groups is 1. The molecule has 0 fully saturated rings. The Morgan fingerprint density at radius 2 is 1.75 bits per heavy atom. The van der Waals surface area contributed by atoms with Crippen LogP contribution >= 0.6 is 0 Å². The van der Waals surface area contributed by atoms with E-state index in [1.54, 1.807) is 23.1 Å². The van der Waals surface area contributed by atoms with Gasteiger partial charge < -0.3 is 10.4 Å². The van der Waals surface area contributed by atoms with Crippen LogP contribution in [0.4, 0.5) is 4.39 Å². The summed E-state index contributed by atoms with van der Waals surface area (Å²) in [5, 5.41) is 17.6. The number of benzene rings is 2. The Morgan fingerprint density at radius 1 is 1.08 bits per heavy atom. The third-order valence-electron chi connectivity index (χ3n) is 3.95. The van der Waals surface area contributed by atoms with Gasteiger partial charge in [-0.2, -0.15) is 5.10 Å². The minimum absolute atomic E-state index is 0.0740. The molecule has 0 bridgehead atoms. The van der Waals surface area contributed by atoms with Crippen molar-refractivity contribution in [3.05, 3.63) is 78.1 Å². The van der Waals surface area contributed by atoms with Crippen molar-refractivity contribution in [3.8, 4) is 5.69 Å². The van der Waals surface area contributed by atoms with Crippen LogP contribution in [0.15, 0.2) is 61.2 Å². The number of hydrogen-bond donors (Lipinski definition) is 2. The van der Waals surface area contributed by atoms with Crippen molar-refractivity contribution in [2.75, 3.05) is 6.54 Å². The van der Waals surface area contributed by atoms with Gasteiger partial charge >= 0.3 is 0 Å². The summed E-state index contributed by atoms with van der Waals surface area (Å²) in [6.45, 7) is 2.42. The zero-order chi connectivity index (χ0) is 16.9. The molecule has 3 aromatic rings. The average molecular weight is 326 g/mol. The van der Waals surface area contributed by atoms with Crippen molar-refractivity contribution in [1.82, 2.24) is 20.1 Å². The Hall–Kier alpha value is -2.57. The van der Waals surface area contributed by atoms with Crippen LogP contribution in [0.5, 0.6) is 0 Å². The normalized spacial score (nSPS) is 13.6. The van der Waals surface area contributed by atoms with E-state index in [4.69, 9.17) is 0 Å². The first-order valence-corrected chi connectivity index (χ1v) is 7.75. The van der Waals surface area contributed by atoms with E-state index in [0.29, 0.717) is 12.1 Å². The van der Waals surface area contributed by atoms with Gasteiger partial charge in [0.2, 0.25) is 0 Å². The number of aromatic nitrogens is 3. The van der Waals surface area contributed by atoms with Crippen molar-refractivity contribution in [2.45, 2.75) is 19.1 Å². The van der Waals surface area contributed by atoms with Crippen LogP contribution in [-0.2, 0) is 0 Å².